The second-order valence-electron chi connectivity index (χ2n) is 4.03. The zero-order chi connectivity index (χ0) is 9.80. The second kappa shape index (κ2) is 4.57. The molecule has 0 atom stereocenters. The largest absolute Gasteiger partial charge is 0.347 e. The third-order valence-corrected chi connectivity index (χ3v) is 2.99. The van der Waals surface area contributed by atoms with Crippen molar-refractivity contribution in [1.82, 2.24) is 14.9 Å². The van der Waals surface area contributed by atoms with Crippen LogP contribution in [0.2, 0.25) is 0 Å². The molecular weight excluding hydrogens is 176 g/mol. The Morgan fingerprint density at radius 2 is 2.29 bits per heavy atom. The summed E-state index contributed by atoms with van der Waals surface area (Å²) < 4.78 is 0. The Hall–Kier alpha value is -0.870. The number of rotatable bonds is 3. The van der Waals surface area contributed by atoms with Gasteiger partial charge in [-0.3, -0.25) is 4.90 Å². The molecule has 1 aromatic rings. The van der Waals surface area contributed by atoms with E-state index in [0.717, 1.165) is 19.0 Å². The lowest BCUT2D eigenvalue weighted by atomic mass is 9.97. The van der Waals surface area contributed by atoms with Gasteiger partial charge in [-0.1, -0.05) is 0 Å². The summed E-state index contributed by atoms with van der Waals surface area (Å²) in [4.78, 5) is 9.61. The number of likely N-dealkylation sites (tertiary alicyclic amines) is 1. The highest BCUT2D eigenvalue weighted by Crippen LogP contribution is 2.16. The third-order valence-electron chi connectivity index (χ3n) is 2.99. The van der Waals surface area contributed by atoms with E-state index in [-0.39, 0.29) is 0 Å². The first-order valence-electron chi connectivity index (χ1n) is 5.28. The van der Waals surface area contributed by atoms with E-state index in [0.29, 0.717) is 0 Å². The molecule has 3 N–H and O–H groups in total. The fourth-order valence-corrected chi connectivity index (χ4v) is 1.99. The van der Waals surface area contributed by atoms with Gasteiger partial charge in [0, 0.05) is 18.4 Å². The molecule has 4 nitrogen and oxygen atoms in total. The van der Waals surface area contributed by atoms with Gasteiger partial charge >= 0.3 is 0 Å². The standard InChI is InChI=1S/C10H18N4/c11-5-9-1-3-14(4-2-9)7-10-6-12-8-13-10/h6,8-9H,1-5,7,11H2,(H,12,13). The summed E-state index contributed by atoms with van der Waals surface area (Å²) in [5.74, 6) is 0.744. The first-order chi connectivity index (χ1) is 6.88. The fraction of sp³-hybridized carbons (Fsp3) is 0.700. The van der Waals surface area contributed by atoms with Crippen LogP contribution in [0.5, 0.6) is 0 Å². The molecule has 14 heavy (non-hydrogen) atoms. The lowest BCUT2D eigenvalue weighted by Gasteiger charge is -2.30. The van der Waals surface area contributed by atoms with Crippen molar-refractivity contribution in [3.8, 4) is 0 Å². The summed E-state index contributed by atoms with van der Waals surface area (Å²) in [5, 5.41) is 0. The van der Waals surface area contributed by atoms with Crippen LogP contribution in [0.1, 0.15) is 18.5 Å². The van der Waals surface area contributed by atoms with Gasteiger partial charge in [-0.2, -0.15) is 0 Å². The van der Waals surface area contributed by atoms with Crippen LogP contribution in [0.15, 0.2) is 12.5 Å². The van der Waals surface area contributed by atoms with Crippen molar-refractivity contribution in [2.75, 3.05) is 19.6 Å². The van der Waals surface area contributed by atoms with Crippen LogP contribution < -0.4 is 5.73 Å². The van der Waals surface area contributed by atoms with Crippen LogP contribution in [0.4, 0.5) is 0 Å². The number of H-pyrrole nitrogens is 1. The van der Waals surface area contributed by atoms with Crippen LogP contribution in [-0.2, 0) is 6.54 Å². The molecule has 2 rings (SSSR count). The smallest absolute Gasteiger partial charge is 0.0922 e. The van der Waals surface area contributed by atoms with Gasteiger partial charge in [-0.25, -0.2) is 4.98 Å². The fourth-order valence-electron chi connectivity index (χ4n) is 1.99. The summed E-state index contributed by atoms with van der Waals surface area (Å²) in [6, 6.07) is 0. The highest BCUT2D eigenvalue weighted by Gasteiger charge is 2.17. The molecule has 1 aromatic heterocycles. The maximum atomic E-state index is 5.65. The van der Waals surface area contributed by atoms with Gasteiger partial charge in [-0.05, 0) is 38.4 Å². The predicted molar refractivity (Wildman–Crippen MR) is 55.6 cm³/mol. The number of aromatic nitrogens is 2. The minimum Gasteiger partial charge on any atom is -0.347 e. The normalized spacial score (nSPS) is 20.1. The van der Waals surface area contributed by atoms with E-state index in [1.165, 1.54) is 31.6 Å². The van der Waals surface area contributed by atoms with E-state index in [1.54, 1.807) is 6.33 Å². The first-order valence-corrected chi connectivity index (χ1v) is 5.28. The van der Waals surface area contributed by atoms with E-state index in [1.807, 2.05) is 6.20 Å². The van der Waals surface area contributed by atoms with Gasteiger partial charge in [0.1, 0.15) is 0 Å². The van der Waals surface area contributed by atoms with Crippen LogP contribution in [-0.4, -0.2) is 34.5 Å². The van der Waals surface area contributed by atoms with Crippen molar-refractivity contribution >= 4 is 0 Å². The summed E-state index contributed by atoms with van der Waals surface area (Å²) in [6.45, 7) is 4.18. The third kappa shape index (κ3) is 2.33. The first kappa shape index (κ1) is 9.68. The molecule has 0 saturated carbocycles. The topological polar surface area (TPSA) is 57.9 Å². The van der Waals surface area contributed by atoms with Gasteiger partial charge < -0.3 is 10.7 Å². The van der Waals surface area contributed by atoms with Gasteiger partial charge in [0.25, 0.3) is 0 Å². The lowest BCUT2D eigenvalue weighted by Crippen LogP contribution is -2.35. The predicted octanol–water partition coefficient (Wildman–Crippen LogP) is 0.580. The molecule has 0 spiro atoms. The number of hydrogen-bond donors (Lipinski definition) is 2. The van der Waals surface area contributed by atoms with Crippen LogP contribution >= 0.6 is 0 Å². The lowest BCUT2D eigenvalue weighted by molar-refractivity contribution is 0.179. The van der Waals surface area contributed by atoms with Gasteiger partial charge in [0.15, 0.2) is 0 Å². The summed E-state index contributed by atoms with van der Waals surface area (Å²) in [5.41, 5.74) is 6.85. The van der Waals surface area contributed by atoms with E-state index in [4.69, 9.17) is 5.73 Å². The van der Waals surface area contributed by atoms with Crippen LogP contribution in [0.25, 0.3) is 0 Å². The Kier molecular flexibility index (Phi) is 3.16. The second-order valence-corrected chi connectivity index (χ2v) is 4.03. The van der Waals surface area contributed by atoms with Crippen molar-refractivity contribution < 1.29 is 0 Å². The number of imidazole rings is 1. The van der Waals surface area contributed by atoms with Gasteiger partial charge in [-0.15, -0.1) is 0 Å². The zero-order valence-corrected chi connectivity index (χ0v) is 8.45. The van der Waals surface area contributed by atoms with E-state index in [9.17, 15) is 0 Å². The Bertz CT molecular complexity index is 249. The van der Waals surface area contributed by atoms with Gasteiger partial charge in [0.2, 0.25) is 0 Å². The SMILES string of the molecule is NCC1CCN(Cc2cnc[nH]2)CC1. The highest BCUT2D eigenvalue weighted by molar-refractivity contribution is 4.94. The minimum absolute atomic E-state index is 0.744. The number of nitrogens with one attached hydrogen (secondary N) is 1. The Morgan fingerprint density at radius 3 is 2.86 bits per heavy atom. The Balaban J connectivity index is 1.79. The summed E-state index contributed by atoms with van der Waals surface area (Å²) in [7, 11) is 0. The van der Waals surface area contributed by atoms with Crippen molar-refractivity contribution in [2.45, 2.75) is 19.4 Å². The molecule has 0 bridgehead atoms. The molecular formula is C10H18N4. The Morgan fingerprint density at radius 1 is 1.50 bits per heavy atom. The minimum atomic E-state index is 0.744. The summed E-state index contributed by atoms with van der Waals surface area (Å²) in [6.07, 6.45) is 6.12. The molecule has 78 valence electrons. The number of piperidine rings is 1. The molecule has 0 radical (unpaired) electrons. The van der Waals surface area contributed by atoms with Gasteiger partial charge in [0.05, 0.1) is 6.33 Å². The molecule has 1 aliphatic rings. The van der Waals surface area contributed by atoms with E-state index in [2.05, 4.69) is 14.9 Å². The molecule has 1 fully saturated rings. The van der Waals surface area contributed by atoms with E-state index < -0.39 is 0 Å². The van der Waals surface area contributed by atoms with Crippen molar-refractivity contribution in [3.63, 3.8) is 0 Å². The quantitative estimate of drug-likeness (QED) is 0.740. The van der Waals surface area contributed by atoms with Crippen LogP contribution in [0.3, 0.4) is 0 Å². The molecule has 0 aliphatic carbocycles. The molecule has 2 heterocycles. The highest BCUT2D eigenvalue weighted by atomic mass is 15.1. The molecule has 1 aliphatic heterocycles. The molecule has 0 aromatic carbocycles. The molecule has 1 saturated heterocycles. The van der Waals surface area contributed by atoms with E-state index >= 15 is 0 Å². The Labute approximate surface area is 84.5 Å². The number of aromatic amines is 1. The van der Waals surface area contributed by atoms with Crippen molar-refractivity contribution in [1.29, 1.82) is 0 Å². The number of nitrogens with zero attached hydrogens (tertiary/aromatic N) is 2. The van der Waals surface area contributed by atoms with Crippen LogP contribution in [0, 0.1) is 5.92 Å². The molecule has 0 amide bonds. The maximum Gasteiger partial charge on any atom is 0.0922 e. The monoisotopic (exact) mass is 194 g/mol. The molecule has 0 unspecified atom stereocenters. The zero-order valence-electron chi connectivity index (χ0n) is 8.45. The summed E-state index contributed by atoms with van der Waals surface area (Å²) >= 11 is 0. The van der Waals surface area contributed by atoms with Crippen molar-refractivity contribution in [2.24, 2.45) is 11.7 Å². The average Bonchev–Trinajstić information content (AvgIpc) is 2.72. The van der Waals surface area contributed by atoms with Crippen molar-refractivity contribution in [3.05, 3.63) is 18.2 Å². The number of nitrogens with two attached hydrogens (primary N) is 1. The average molecular weight is 194 g/mol. The number of hydrogen-bond acceptors (Lipinski definition) is 3. The molecule has 4 heteroatoms. The maximum absolute atomic E-state index is 5.65.